The van der Waals surface area contributed by atoms with Crippen molar-refractivity contribution in [3.8, 4) is 0 Å². The van der Waals surface area contributed by atoms with E-state index in [1.165, 1.54) is 12.1 Å². The second kappa shape index (κ2) is 8.18. The van der Waals surface area contributed by atoms with E-state index in [0.717, 1.165) is 12.1 Å². The lowest BCUT2D eigenvalue weighted by Crippen LogP contribution is -2.39. The van der Waals surface area contributed by atoms with Gasteiger partial charge in [0.2, 0.25) is 15.9 Å². The average Bonchev–Trinajstić information content (AvgIpc) is 2.45. The number of alkyl halides is 3. The first-order valence-corrected chi connectivity index (χ1v) is 9.27. The van der Waals surface area contributed by atoms with Crippen molar-refractivity contribution in [2.75, 3.05) is 11.9 Å². The molecule has 0 saturated carbocycles. The number of nitrogens with one attached hydrogen (secondary N) is 2. The van der Waals surface area contributed by atoms with E-state index in [2.05, 4.69) is 10.0 Å². The maximum absolute atomic E-state index is 12.4. The summed E-state index contributed by atoms with van der Waals surface area (Å²) in [5, 5.41) is 2.51. The number of benzene rings is 1. The van der Waals surface area contributed by atoms with Crippen molar-refractivity contribution in [2.45, 2.75) is 51.0 Å². The fourth-order valence-electron chi connectivity index (χ4n) is 1.80. The molecule has 0 aliphatic carbocycles. The number of amides is 1. The van der Waals surface area contributed by atoms with E-state index in [-0.39, 0.29) is 24.6 Å². The summed E-state index contributed by atoms with van der Waals surface area (Å²) < 4.78 is 62.5. The molecule has 0 fully saturated rings. The lowest BCUT2D eigenvalue weighted by molar-refractivity contribution is -0.137. The summed E-state index contributed by atoms with van der Waals surface area (Å²) in [6.07, 6.45) is -3.32. The van der Waals surface area contributed by atoms with Crippen LogP contribution < -0.4 is 10.0 Å². The molecular weight excluding hydrogens is 357 g/mol. The van der Waals surface area contributed by atoms with Crippen molar-refractivity contribution in [1.82, 2.24) is 4.72 Å². The Labute approximate surface area is 146 Å². The molecule has 0 unspecified atom stereocenters. The minimum absolute atomic E-state index is 0.151. The van der Waals surface area contributed by atoms with Crippen LogP contribution >= 0.6 is 0 Å². The number of unbranched alkanes of at least 4 members (excludes halogenated alkanes) is 1. The van der Waals surface area contributed by atoms with Gasteiger partial charge in [0.25, 0.3) is 0 Å². The third kappa shape index (κ3) is 7.03. The van der Waals surface area contributed by atoms with E-state index < -0.39 is 26.5 Å². The van der Waals surface area contributed by atoms with Crippen molar-refractivity contribution in [1.29, 1.82) is 0 Å². The van der Waals surface area contributed by atoms with Gasteiger partial charge in [-0.05, 0) is 57.9 Å². The maximum Gasteiger partial charge on any atom is 0.416 e. The Morgan fingerprint density at radius 1 is 1.04 bits per heavy atom. The van der Waals surface area contributed by atoms with Crippen molar-refractivity contribution in [3.05, 3.63) is 29.8 Å². The lowest BCUT2D eigenvalue weighted by atomic mass is 10.2. The van der Waals surface area contributed by atoms with Gasteiger partial charge in [0, 0.05) is 18.7 Å². The third-order valence-electron chi connectivity index (χ3n) is 3.42. The zero-order valence-electron chi connectivity index (χ0n) is 14.4. The van der Waals surface area contributed by atoms with E-state index in [1.807, 2.05) is 0 Å². The van der Waals surface area contributed by atoms with Crippen molar-refractivity contribution < 1.29 is 26.4 Å². The number of carbonyl (C=O) groups is 1. The lowest BCUT2D eigenvalue weighted by Gasteiger charge is -2.19. The maximum atomic E-state index is 12.4. The van der Waals surface area contributed by atoms with E-state index >= 15 is 0 Å². The third-order valence-corrected chi connectivity index (χ3v) is 5.62. The Balaban J connectivity index is 2.34. The Kier molecular flexibility index (Phi) is 7.01. The molecule has 1 aromatic rings. The molecule has 9 heteroatoms. The molecule has 1 aromatic carbocycles. The van der Waals surface area contributed by atoms with Crippen LogP contribution in [0.4, 0.5) is 18.9 Å². The van der Waals surface area contributed by atoms with Gasteiger partial charge in [-0.15, -0.1) is 0 Å². The molecule has 5 nitrogen and oxygen atoms in total. The van der Waals surface area contributed by atoms with Crippen LogP contribution in [0, 0.1) is 0 Å². The molecule has 1 amide bonds. The van der Waals surface area contributed by atoms with Crippen LogP contribution in [0.15, 0.2) is 24.3 Å². The fourth-order valence-corrected chi connectivity index (χ4v) is 2.65. The smallest absolute Gasteiger partial charge is 0.326 e. The van der Waals surface area contributed by atoms with Crippen molar-refractivity contribution >= 4 is 21.6 Å². The zero-order valence-corrected chi connectivity index (χ0v) is 15.2. The summed E-state index contributed by atoms with van der Waals surface area (Å²) in [6, 6.07) is 4.18. The minimum atomic E-state index is -4.41. The van der Waals surface area contributed by atoms with Gasteiger partial charge in [0.15, 0.2) is 0 Å². The predicted molar refractivity (Wildman–Crippen MR) is 90.6 cm³/mol. The molecule has 142 valence electrons. The number of anilines is 1. The fraction of sp³-hybridized carbons (Fsp3) is 0.562. The number of carbonyl (C=O) groups excluding carboxylic acids is 1. The molecule has 25 heavy (non-hydrogen) atoms. The molecule has 0 aliphatic rings. The molecule has 2 N–H and O–H groups in total. The number of hydrogen-bond donors (Lipinski definition) is 2. The van der Waals surface area contributed by atoms with E-state index in [4.69, 9.17) is 0 Å². The van der Waals surface area contributed by atoms with Gasteiger partial charge in [-0.25, -0.2) is 13.1 Å². The first-order valence-electron chi connectivity index (χ1n) is 7.79. The van der Waals surface area contributed by atoms with Crippen molar-refractivity contribution in [2.24, 2.45) is 0 Å². The van der Waals surface area contributed by atoms with Crippen LogP contribution in [0.3, 0.4) is 0 Å². The summed E-state index contributed by atoms with van der Waals surface area (Å²) in [6.45, 7) is 5.00. The van der Waals surface area contributed by atoms with E-state index in [0.29, 0.717) is 12.8 Å². The van der Waals surface area contributed by atoms with Crippen LogP contribution in [0.1, 0.15) is 45.6 Å². The van der Waals surface area contributed by atoms with Gasteiger partial charge < -0.3 is 5.32 Å². The Morgan fingerprint density at radius 2 is 1.60 bits per heavy atom. The van der Waals surface area contributed by atoms with Gasteiger partial charge >= 0.3 is 6.18 Å². The summed E-state index contributed by atoms with van der Waals surface area (Å²) in [5.74, 6) is -0.335. The number of sulfonamides is 1. The second-order valence-electron chi connectivity index (χ2n) is 6.59. The standard InChI is InChI=1S/C16H23F3N2O3S/c1-15(2,3)25(23,24)20-11-5-4-6-14(22)21-13-9-7-12(8-10-13)16(17,18)19/h7-10,20H,4-6,11H2,1-3H3,(H,21,22). The molecule has 1 rings (SSSR count). The first-order chi connectivity index (χ1) is 11.3. The van der Waals surface area contributed by atoms with Gasteiger partial charge in [-0.2, -0.15) is 13.2 Å². The summed E-state index contributed by atoms with van der Waals surface area (Å²) >= 11 is 0. The largest absolute Gasteiger partial charge is 0.416 e. The van der Waals surface area contributed by atoms with Crippen LogP contribution in [0.2, 0.25) is 0 Å². The quantitative estimate of drug-likeness (QED) is 0.711. The SMILES string of the molecule is CC(C)(C)S(=O)(=O)NCCCCC(=O)Nc1ccc(C(F)(F)F)cc1. The molecular formula is C16H23F3N2O3S. The van der Waals surface area contributed by atoms with Crippen molar-refractivity contribution in [3.63, 3.8) is 0 Å². The Bertz CT molecular complexity index is 678. The molecule has 0 saturated heterocycles. The highest BCUT2D eigenvalue weighted by Crippen LogP contribution is 2.29. The van der Waals surface area contributed by atoms with Gasteiger partial charge in [0.05, 0.1) is 10.3 Å². The Morgan fingerprint density at radius 3 is 2.08 bits per heavy atom. The van der Waals surface area contributed by atoms with Gasteiger partial charge in [-0.3, -0.25) is 4.79 Å². The molecule has 0 bridgehead atoms. The van der Waals surface area contributed by atoms with Gasteiger partial charge in [-0.1, -0.05) is 0 Å². The zero-order chi connectivity index (χ0) is 19.3. The molecule has 0 aromatic heterocycles. The van der Waals surface area contributed by atoms with Crippen LogP contribution in [0.25, 0.3) is 0 Å². The highest BCUT2D eigenvalue weighted by molar-refractivity contribution is 7.90. The molecule has 0 radical (unpaired) electrons. The topological polar surface area (TPSA) is 75.3 Å². The molecule has 0 spiro atoms. The summed E-state index contributed by atoms with van der Waals surface area (Å²) in [7, 11) is -3.41. The second-order valence-corrected chi connectivity index (χ2v) is 9.11. The van der Waals surface area contributed by atoms with Crippen LogP contribution in [-0.2, 0) is 21.0 Å². The average molecular weight is 380 g/mol. The number of rotatable bonds is 7. The number of halogens is 3. The molecule has 0 heterocycles. The van der Waals surface area contributed by atoms with Crippen LogP contribution in [-0.4, -0.2) is 25.6 Å². The summed E-state index contributed by atoms with van der Waals surface area (Å²) in [4.78, 5) is 11.7. The minimum Gasteiger partial charge on any atom is -0.326 e. The van der Waals surface area contributed by atoms with E-state index in [9.17, 15) is 26.4 Å². The summed E-state index contributed by atoms with van der Waals surface area (Å²) in [5.41, 5.74) is -0.497. The monoisotopic (exact) mass is 380 g/mol. The predicted octanol–water partition coefficient (Wildman–Crippen LogP) is 3.53. The first kappa shape index (κ1) is 21.4. The highest BCUT2D eigenvalue weighted by Gasteiger charge is 2.30. The van der Waals surface area contributed by atoms with Gasteiger partial charge in [0.1, 0.15) is 0 Å². The number of hydrogen-bond acceptors (Lipinski definition) is 3. The molecule has 0 atom stereocenters. The molecule has 0 aliphatic heterocycles. The Hall–Kier alpha value is -1.61. The van der Waals surface area contributed by atoms with Crippen LogP contribution in [0.5, 0.6) is 0 Å². The van der Waals surface area contributed by atoms with E-state index in [1.54, 1.807) is 20.8 Å². The highest BCUT2D eigenvalue weighted by atomic mass is 32.2. The normalized spacial score (nSPS) is 12.9.